The third kappa shape index (κ3) is 4.24. The van der Waals surface area contributed by atoms with E-state index in [-0.39, 0.29) is 11.1 Å². The molecule has 1 amide bonds. The van der Waals surface area contributed by atoms with E-state index in [9.17, 15) is 4.79 Å². The van der Waals surface area contributed by atoms with Crippen LogP contribution in [0.3, 0.4) is 0 Å². The molecule has 0 radical (unpaired) electrons. The molecule has 2 heterocycles. The second-order valence-electron chi connectivity index (χ2n) is 6.50. The lowest BCUT2D eigenvalue weighted by molar-refractivity contribution is 0.0634. The first-order valence-corrected chi connectivity index (χ1v) is 8.12. The summed E-state index contributed by atoms with van der Waals surface area (Å²) in [5.74, 6) is 0.0709. The van der Waals surface area contributed by atoms with Crippen molar-refractivity contribution in [1.29, 1.82) is 0 Å². The van der Waals surface area contributed by atoms with Gasteiger partial charge in [-0.05, 0) is 26.3 Å². The molecule has 0 unspecified atom stereocenters. The molecule has 8 heteroatoms. The van der Waals surface area contributed by atoms with Crippen LogP contribution in [0.4, 0.5) is 10.7 Å². The van der Waals surface area contributed by atoms with E-state index >= 15 is 0 Å². The highest BCUT2D eigenvalue weighted by Gasteiger charge is 2.19. The van der Waals surface area contributed by atoms with Gasteiger partial charge in [0, 0.05) is 0 Å². The van der Waals surface area contributed by atoms with Gasteiger partial charge in [-0.1, -0.05) is 41.9 Å². The molecule has 0 aliphatic heterocycles. The molecule has 7 nitrogen and oxygen atoms in total. The third-order valence-corrected chi connectivity index (χ3v) is 3.49. The highest BCUT2D eigenvalue weighted by molar-refractivity contribution is 6.33. The largest absolute Gasteiger partial charge is 0.444 e. The maximum absolute atomic E-state index is 11.9. The minimum Gasteiger partial charge on any atom is -0.444 e. The molecule has 1 aromatic carbocycles. The van der Waals surface area contributed by atoms with Gasteiger partial charge in [-0.3, -0.25) is 5.32 Å². The van der Waals surface area contributed by atoms with Crippen molar-refractivity contribution in [2.45, 2.75) is 32.9 Å². The summed E-state index contributed by atoms with van der Waals surface area (Å²) in [7, 11) is 0. The molecule has 130 valence electrons. The zero-order chi connectivity index (χ0) is 18.0. The summed E-state index contributed by atoms with van der Waals surface area (Å²) in [4.78, 5) is 24.6. The Labute approximate surface area is 150 Å². The Morgan fingerprint density at radius 3 is 2.64 bits per heavy atom. The summed E-state index contributed by atoms with van der Waals surface area (Å²) in [5, 5.41) is 2.67. The average molecular weight is 360 g/mol. The fourth-order valence-electron chi connectivity index (χ4n) is 2.26. The predicted molar refractivity (Wildman–Crippen MR) is 95.7 cm³/mol. The van der Waals surface area contributed by atoms with Gasteiger partial charge in [-0.25, -0.2) is 9.78 Å². The third-order valence-electron chi connectivity index (χ3n) is 3.23. The molecule has 0 saturated heterocycles. The number of aromatic nitrogens is 4. The smallest absolute Gasteiger partial charge is 0.414 e. The van der Waals surface area contributed by atoms with Crippen LogP contribution >= 0.6 is 11.6 Å². The van der Waals surface area contributed by atoms with Gasteiger partial charge < -0.3 is 9.30 Å². The second kappa shape index (κ2) is 6.68. The maximum atomic E-state index is 11.9. The van der Waals surface area contributed by atoms with Crippen LogP contribution in [-0.4, -0.2) is 31.2 Å². The van der Waals surface area contributed by atoms with Crippen LogP contribution in [0.1, 0.15) is 26.3 Å². The van der Waals surface area contributed by atoms with Crippen LogP contribution in [0.5, 0.6) is 0 Å². The van der Waals surface area contributed by atoms with E-state index in [0.717, 1.165) is 5.56 Å². The van der Waals surface area contributed by atoms with E-state index in [0.29, 0.717) is 17.7 Å². The SMILES string of the molecule is CC(C)(C)OC(=O)Nc1nc(Cl)c2ncn(Cc3ccccc3)c2n1. The highest BCUT2D eigenvalue weighted by atomic mass is 35.5. The van der Waals surface area contributed by atoms with Gasteiger partial charge in [0.25, 0.3) is 0 Å². The lowest BCUT2D eigenvalue weighted by atomic mass is 10.2. The molecule has 0 atom stereocenters. The molecule has 0 aliphatic rings. The van der Waals surface area contributed by atoms with Crippen molar-refractivity contribution in [3.8, 4) is 0 Å². The van der Waals surface area contributed by atoms with E-state index in [1.807, 2.05) is 34.9 Å². The molecule has 1 N–H and O–H groups in total. The standard InChI is InChI=1S/C17H18ClN5O2/c1-17(2,3)25-16(24)22-15-20-13(18)12-14(21-15)23(10-19-12)9-11-7-5-4-6-8-11/h4-8,10H,9H2,1-3H3,(H,20,21,22,24). The summed E-state index contributed by atoms with van der Waals surface area (Å²) in [6, 6.07) is 9.90. The number of halogens is 1. The van der Waals surface area contributed by atoms with Crippen molar-refractivity contribution in [2.75, 3.05) is 5.32 Å². The Morgan fingerprint density at radius 1 is 1.24 bits per heavy atom. The topological polar surface area (TPSA) is 81.9 Å². The minimum atomic E-state index is -0.642. The minimum absolute atomic E-state index is 0.0709. The molecule has 0 aliphatic carbocycles. The van der Waals surface area contributed by atoms with Gasteiger partial charge in [-0.2, -0.15) is 9.97 Å². The molecule has 3 rings (SSSR count). The van der Waals surface area contributed by atoms with Crippen LogP contribution in [-0.2, 0) is 11.3 Å². The van der Waals surface area contributed by atoms with Gasteiger partial charge in [-0.15, -0.1) is 0 Å². The summed E-state index contributed by atoms with van der Waals surface area (Å²) < 4.78 is 7.05. The summed E-state index contributed by atoms with van der Waals surface area (Å²) >= 11 is 6.18. The number of hydrogen-bond donors (Lipinski definition) is 1. The number of hydrogen-bond acceptors (Lipinski definition) is 5. The number of imidazole rings is 1. The summed E-state index contributed by atoms with van der Waals surface area (Å²) in [6.45, 7) is 5.91. The van der Waals surface area contributed by atoms with E-state index in [1.54, 1.807) is 27.1 Å². The summed E-state index contributed by atoms with van der Waals surface area (Å²) in [6.07, 6.45) is 1.01. The Morgan fingerprint density at radius 2 is 1.96 bits per heavy atom. The number of fused-ring (bicyclic) bond motifs is 1. The Bertz CT molecular complexity index is 903. The maximum Gasteiger partial charge on any atom is 0.414 e. The number of benzene rings is 1. The van der Waals surface area contributed by atoms with Crippen LogP contribution in [0.2, 0.25) is 5.15 Å². The first-order valence-electron chi connectivity index (χ1n) is 7.74. The van der Waals surface area contributed by atoms with Crippen molar-refractivity contribution in [3.63, 3.8) is 0 Å². The molecule has 0 spiro atoms. The number of nitrogens with zero attached hydrogens (tertiary/aromatic N) is 4. The van der Waals surface area contributed by atoms with Crippen molar-refractivity contribution < 1.29 is 9.53 Å². The molecule has 0 bridgehead atoms. The quantitative estimate of drug-likeness (QED) is 0.718. The van der Waals surface area contributed by atoms with Crippen LogP contribution < -0.4 is 5.32 Å². The Kier molecular flexibility index (Phi) is 4.59. The lowest BCUT2D eigenvalue weighted by Crippen LogP contribution is -2.27. The van der Waals surface area contributed by atoms with E-state index in [1.165, 1.54) is 0 Å². The lowest BCUT2D eigenvalue weighted by Gasteiger charge is -2.19. The van der Waals surface area contributed by atoms with Gasteiger partial charge in [0.2, 0.25) is 5.95 Å². The molecular formula is C17H18ClN5O2. The van der Waals surface area contributed by atoms with Gasteiger partial charge in [0.05, 0.1) is 12.9 Å². The molecule has 25 heavy (non-hydrogen) atoms. The number of carbonyl (C=O) groups excluding carboxylic acids is 1. The first-order chi connectivity index (χ1) is 11.8. The number of rotatable bonds is 3. The molecule has 2 aromatic heterocycles. The number of nitrogens with one attached hydrogen (secondary N) is 1. The van der Waals surface area contributed by atoms with Crippen LogP contribution in [0.25, 0.3) is 11.2 Å². The number of amides is 1. The Hall–Kier alpha value is -2.67. The number of ether oxygens (including phenoxy) is 1. The van der Waals surface area contributed by atoms with Crippen molar-refractivity contribution in [3.05, 3.63) is 47.4 Å². The normalized spacial score (nSPS) is 11.5. The fourth-order valence-corrected chi connectivity index (χ4v) is 2.47. The highest BCUT2D eigenvalue weighted by Crippen LogP contribution is 2.21. The van der Waals surface area contributed by atoms with Crippen molar-refractivity contribution in [1.82, 2.24) is 19.5 Å². The second-order valence-corrected chi connectivity index (χ2v) is 6.85. The number of anilines is 1. The van der Waals surface area contributed by atoms with Crippen LogP contribution in [0.15, 0.2) is 36.7 Å². The monoisotopic (exact) mass is 359 g/mol. The molecule has 0 saturated carbocycles. The predicted octanol–water partition coefficient (Wildman–Crippen LogP) is 3.88. The van der Waals surface area contributed by atoms with E-state index in [2.05, 4.69) is 20.3 Å². The zero-order valence-corrected chi connectivity index (χ0v) is 14.9. The van der Waals surface area contributed by atoms with Crippen LogP contribution in [0, 0.1) is 0 Å². The van der Waals surface area contributed by atoms with Gasteiger partial charge in [0.15, 0.2) is 10.8 Å². The Balaban J connectivity index is 1.89. The molecular weight excluding hydrogens is 342 g/mol. The van der Waals surface area contributed by atoms with Crippen molar-refractivity contribution in [2.24, 2.45) is 0 Å². The van der Waals surface area contributed by atoms with E-state index < -0.39 is 11.7 Å². The van der Waals surface area contributed by atoms with Gasteiger partial charge in [0.1, 0.15) is 11.1 Å². The molecule has 0 fully saturated rings. The summed E-state index contributed by atoms with van der Waals surface area (Å²) in [5.41, 5.74) is 1.49. The van der Waals surface area contributed by atoms with E-state index in [4.69, 9.17) is 16.3 Å². The van der Waals surface area contributed by atoms with Crippen molar-refractivity contribution >= 4 is 34.8 Å². The number of carbonyl (C=O) groups is 1. The first kappa shape index (κ1) is 17.2. The fraction of sp³-hybridized carbons (Fsp3) is 0.294. The molecule has 3 aromatic rings. The zero-order valence-electron chi connectivity index (χ0n) is 14.2. The average Bonchev–Trinajstić information content (AvgIpc) is 2.90. The van der Waals surface area contributed by atoms with Gasteiger partial charge >= 0.3 is 6.09 Å².